The number of fused-ring (bicyclic) bond motifs is 1. The number of allylic oxidation sites excluding steroid dienone is 1. The Hall–Kier alpha value is -3.01. The summed E-state index contributed by atoms with van der Waals surface area (Å²) in [5, 5.41) is 12.9. The van der Waals surface area contributed by atoms with E-state index in [0.717, 1.165) is 24.7 Å². The summed E-state index contributed by atoms with van der Waals surface area (Å²) in [7, 11) is 4.02. The fourth-order valence-electron chi connectivity index (χ4n) is 4.80. The van der Waals surface area contributed by atoms with Crippen LogP contribution in [-0.4, -0.2) is 77.5 Å². The van der Waals surface area contributed by atoms with Crippen molar-refractivity contribution < 1.29 is 9.13 Å². The third-order valence-corrected chi connectivity index (χ3v) is 7.06. The average Bonchev–Trinajstić information content (AvgIpc) is 3.33. The van der Waals surface area contributed by atoms with Crippen LogP contribution in [0.2, 0.25) is 5.02 Å². The Kier molecular flexibility index (Phi) is 8.70. The van der Waals surface area contributed by atoms with Crippen LogP contribution in [0.5, 0.6) is 6.01 Å². The van der Waals surface area contributed by atoms with Crippen LogP contribution < -0.4 is 25.5 Å². The maximum atomic E-state index is 16.6. The molecule has 0 amide bonds. The van der Waals surface area contributed by atoms with E-state index in [9.17, 15) is 0 Å². The van der Waals surface area contributed by atoms with Gasteiger partial charge in [0.15, 0.2) is 5.82 Å². The second-order valence-corrected chi connectivity index (χ2v) is 10.6. The third kappa shape index (κ3) is 5.70. The highest BCUT2D eigenvalue weighted by Gasteiger charge is 2.29. The SMILES string of the molecule is C=C(C)/C(c1c(Cl)cc2c(N3C[C@@H](C)NC[C@@H]3C)nc(OCCCN(C)C)nc2c1F)=c1/[nH]nc/c1=C/C. The number of ether oxygens (including phenoxy) is 1. The highest BCUT2D eigenvalue weighted by atomic mass is 35.5. The molecule has 2 N–H and O–H groups in total. The number of nitrogens with zero attached hydrogens (tertiary/aromatic N) is 5. The molecular weight excluding hydrogens is 505 g/mol. The van der Waals surface area contributed by atoms with Gasteiger partial charge in [0.1, 0.15) is 11.3 Å². The molecule has 1 saturated heterocycles. The Morgan fingerprint density at radius 1 is 1.34 bits per heavy atom. The predicted molar refractivity (Wildman–Crippen MR) is 153 cm³/mol. The zero-order chi connectivity index (χ0) is 27.6. The molecule has 0 bridgehead atoms. The molecule has 10 heteroatoms. The molecule has 4 rings (SSSR count). The summed E-state index contributed by atoms with van der Waals surface area (Å²) < 4.78 is 22.6. The van der Waals surface area contributed by atoms with Gasteiger partial charge in [0.2, 0.25) is 0 Å². The van der Waals surface area contributed by atoms with Gasteiger partial charge in [0.25, 0.3) is 0 Å². The fraction of sp³-hybridized carbons (Fsp3) is 0.464. The number of aromatic nitrogens is 4. The van der Waals surface area contributed by atoms with Crippen molar-refractivity contribution in [2.45, 2.75) is 46.2 Å². The van der Waals surface area contributed by atoms with Gasteiger partial charge in [-0.3, -0.25) is 5.10 Å². The van der Waals surface area contributed by atoms with E-state index in [1.807, 2.05) is 34.0 Å². The number of nitrogens with one attached hydrogen (secondary N) is 2. The van der Waals surface area contributed by atoms with Gasteiger partial charge in [-0.25, -0.2) is 4.39 Å². The molecule has 0 saturated carbocycles. The molecule has 1 aromatic carbocycles. The number of hydrogen-bond acceptors (Lipinski definition) is 7. The quantitative estimate of drug-likeness (QED) is 0.424. The third-order valence-electron chi connectivity index (χ3n) is 6.77. The number of piperazine rings is 1. The maximum absolute atomic E-state index is 16.6. The first-order valence-electron chi connectivity index (χ1n) is 13.0. The lowest BCUT2D eigenvalue weighted by atomic mass is 9.96. The van der Waals surface area contributed by atoms with Crippen molar-refractivity contribution in [2.24, 2.45) is 0 Å². The number of anilines is 1. The molecule has 1 fully saturated rings. The van der Waals surface area contributed by atoms with Gasteiger partial charge in [-0.1, -0.05) is 24.3 Å². The fourth-order valence-corrected chi connectivity index (χ4v) is 5.09. The van der Waals surface area contributed by atoms with Crippen LogP contribution in [0.4, 0.5) is 10.2 Å². The van der Waals surface area contributed by atoms with Crippen LogP contribution in [0, 0.1) is 5.82 Å². The summed E-state index contributed by atoms with van der Waals surface area (Å²) in [5.41, 5.74) is 1.59. The summed E-state index contributed by atoms with van der Waals surface area (Å²) in [5.74, 6) is 0.0755. The second-order valence-electron chi connectivity index (χ2n) is 10.2. The van der Waals surface area contributed by atoms with Gasteiger partial charge in [-0.05, 0) is 59.9 Å². The minimum absolute atomic E-state index is 0.137. The predicted octanol–water partition coefficient (Wildman–Crippen LogP) is 3.24. The van der Waals surface area contributed by atoms with Gasteiger partial charge in [-0.2, -0.15) is 15.1 Å². The van der Waals surface area contributed by atoms with Crippen molar-refractivity contribution in [3.05, 3.63) is 51.4 Å². The Morgan fingerprint density at radius 3 is 2.79 bits per heavy atom. The van der Waals surface area contributed by atoms with Crippen molar-refractivity contribution in [1.29, 1.82) is 0 Å². The maximum Gasteiger partial charge on any atom is 0.319 e. The molecule has 3 heterocycles. The minimum atomic E-state index is -0.542. The number of halogens is 2. The summed E-state index contributed by atoms with van der Waals surface area (Å²) in [6, 6.07) is 2.29. The largest absolute Gasteiger partial charge is 0.463 e. The summed E-state index contributed by atoms with van der Waals surface area (Å²) >= 11 is 6.84. The molecule has 2 atom stereocenters. The van der Waals surface area contributed by atoms with Crippen LogP contribution in [-0.2, 0) is 0 Å². The van der Waals surface area contributed by atoms with Crippen LogP contribution in [0.3, 0.4) is 0 Å². The molecule has 0 aliphatic carbocycles. The molecule has 38 heavy (non-hydrogen) atoms. The summed E-state index contributed by atoms with van der Waals surface area (Å²) in [6.07, 6.45) is 4.39. The second kappa shape index (κ2) is 11.8. The van der Waals surface area contributed by atoms with Crippen LogP contribution in [0.25, 0.3) is 22.6 Å². The van der Waals surface area contributed by atoms with E-state index in [1.54, 1.807) is 12.3 Å². The van der Waals surface area contributed by atoms with Gasteiger partial charge in [0, 0.05) is 53.5 Å². The molecule has 8 nitrogen and oxygen atoms in total. The van der Waals surface area contributed by atoms with Gasteiger partial charge >= 0.3 is 6.01 Å². The van der Waals surface area contributed by atoms with E-state index in [4.69, 9.17) is 21.3 Å². The normalized spacial score (nSPS) is 19.4. The first-order chi connectivity index (χ1) is 18.1. The highest BCUT2D eigenvalue weighted by molar-refractivity contribution is 6.33. The molecule has 0 unspecified atom stereocenters. The standard InChI is InChI=1S/C28H37ClFN7O/c1-8-19-14-32-35-25(19)22(16(2)3)23-21(29)12-20-26(24(23)30)33-28(38-11-9-10-36(6)7)34-27(20)37-15-17(4)31-13-18(37)5/h8,12,14,17-18,31,35H,2,9-11,13,15H2,1,3-7H3/b19-8-,25-22-/t17-,18+/m1/s1. The Balaban J connectivity index is 1.96. The number of benzene rings is 1. The van der Waals surface area contributed by atoms with Crippen molar-refractivity contribution in [3.63, 3.8) is 0 Å². The molecule has 1 aliphatic rings. The van der Waals surface area contributed by atoms with Crippen molar-refractivity contribution in [1.82, 2.24) is 30.4 Å². The van der Waals surface area contributed by atoms with Gasteiger partial charge in [-0.15, -0.1) is 0 Å². The number of aromatic amines is 1. The van der Waals surface area contributed by atoms with Crippen molar-refractivity contribution >= 4 is 40.0 Å². The van der Waals surface area contributed by atoms with Crippen molar-refractivity contribution in [3.8, 4) is 6.01 Å². The Labute approximate surface area is 228 Å². The Morgan fingerprint density at radius 2 is 2.11 bits per heavy atom. The van der Waals surface area contributed by atoms with E-state index in [0.29, 0.717) is 40.9 Å². The highest BCUT2D eigenvalue weighted by Crippen LogP contribution is 2.38. The lowest BCUT2D eigenvalue weighted by Crippen LogP contribution is -2.54. The van der Waals surface area contributed by atoms with E-state index in [2.05, 4.69) is 50.7 Å². The van der Waals surface area contributed by atoms with Crippen molar-refractivity contribution in [2.75, 3.05) is 45.2 Å². The monoisotopic (exact) mass is 541 g/mol. The summed E-state index contributed by atoms with van der Waals surface area (Å²) in [6.45, 7) is 14.8. The van der Waals surface area contributed by atoms with E-state index in [-0.39, 0.29) is 34.2 Å². The lowest BCUT2D eigenvalue weighted by molar-refractivity contribution is 0.264. The topological polar surface area (TPSA) is 82.2 Å². The molecule has 2 aromatic heterocycles. The Bertz CT molecular complexity index is 1450. The number of rotatable bonds is 8. The van der Waals surface area contributed by atoms with Crippen LogP contribution >= 0.6 is 11.6 Å². The van der Waals surface area contributed by atoms with E-state index >= 15 is 4.39 Å². The molecule has 0 radical (unpaired) electrons. The number of hydrogen-bond donors (Lipinski definition) is 2. The minimum Gasteiger partial charge on any atom is -0.463 e. The molecule has 0 spiro atoms. The molecule has 3 aromatic rings. The average molecular weight is 542 g/mol. The first-order valence-corrected chi connectivity index (χ1v) is 13.3. The zero-order valence-corrected chi connectivity index (χ0v) is 23.8. The molecule has 204 valence electrons. The smallest absolute Gasteiger partial charge is 0.319 e. The van der Waals surface area contributed by atoms with E-state index < -0.39 is 5.82 Å². The van der Waals surface area contributed by atoms with Crippen LogP contribution in [0.1, 0.15) is 39.7 Å². The molecule has 1 aliphatic heterocycles. The van der Waals surface area contributed by atoms with Gasteiger partial charge < -0.3 is 19.9 Å². The number of H-pyrrole nitrogens is 1. The zero-order valence-electron chi connectivity index (χ0n) is 23.0. The lowest BCUT2D eigenvalue weighted by Gasteiger charge is -2.39. The van der Waals surface area contributed by atoms with Crippen LogP contribution in [0.15, 0.2) is 24.4 Å². The summed E-state index contributed by atoms with van der Waals surface area (Å²) in [4.78, 5) is 13.6. The molecular formula is C28H37ClFN7O. The first kappa shape index (κ1) is 28.0. The van der Waals surface area contributed by atoms with Gasteiger partial charge in [0.05, 0.1) is 23.2 Å². The van der Waals surface area contributed by atoms with E-state index in [1.165, 1.54) is 0 Å².